The van der Waals surface area contributed by atoms with E-state index in [9.17, 15) is 9.59 Å². The van der Waals surface area contributed by atoms with Crippen LogP contribution in [0.5, 0.6) is 5.75 Å². The van der Waals surface area contributed by atoms with E-state index in [1.165, 1.54) is 0 Å². The molecule has 9 heteroatoms. The van der Waals surface area contributed by atoms with Crippen LogP contribution in [-0.4, -0.2) is 64.3 Å². The summed E-state index contributed by atoms with van der Waals surface area (Å²) in [5.41, 5.74) is 0.857. The van der Waals surface area contributed by atoms with Crippen LogP contribution in [0.1, 0.15) is 36.1 Å². The number of benzene rings is 1. The Morgan fingerprint density at radius 1 is 1.34 bits per heavy atom. The fraction of sp³-hybridized carbons (Fsp3) is 0.500. The van der Waals surface area contributed by atoms with Crippen LogP contribution < -0.4 is 10.1 Å². The molecule has 4 rings (SSSR count). The molecule has 1 aliphatic carbocycles. The minimum absolute atomic E-state index is 0.0754. The summed E-state index contributed by atoms with van der Waals surface area (Å²) < 4.78 is 10.9. The fourth-order valence-electron chi connectivity index (χ4n) is 3.67. The summed E-state index contributed by atoms with van der Waals surface area (Å²) in [4.78, 5) is 31.6. The summed E-state index contributed by atoms with van der Waals surface area (Å²) in [6.45, 7) is 2.14. The SMILES string of the molecule is COc1ccc([C@@H]2[C@@H](C(=O)NCCc3n[nH]c(C)n3)OCC(=O)N2C2CC2)cc1. The lowest BCUT2D eigenvalue weighted by Gasteiger charge is -2.40. The third-order valence-corrected chi connectivity index (χ3v) is 5.21. The molecule has 1 aliphatic heterocycles. The Bertz CT molecular complexity index is 877. The van der Waals surface area contributed by atoms with Gasteiger partial charge in [-0.1, -0.05) is 12.1 Å². The Hall–Kier alpha value is -2.94. The summed E-state index contributed by atoms with van der Waals surface area (Å²) in [5, 5.41) is 9.77. The number of aryl methyl sites for hydroxylation is 1. The lowest BCUT2D eigenvalue weighted by molar-refractivity contribution is -0.165. The van der Waals surface area contributed by atoms with Gasteiger partial charge >= 0.3 is 0 Å². The number of carbonyl (C=O) groups excluding carboxylic acids is 2. The van der Waals surface area contributed by atoms with E-state index in [1.54, 1.807) is 7.11 Å². The van der Waals surface area contributed by atoms with Crippen LogP contribution in [0.2, 0.25) is 0 Å². The Morgan fingerprint density at radius 2 is 2.10 bits per heavy atom. The van der Waals surface area contributed by atoms with Crippen molar-refractivity contribution in [3.05, 3.63) is 41.5 Å². The molecule has 2 heterocycles. The predicted molar refractivity (Wildman–Crippen MR) is 103 cm³/mol. The highest BCUT2D eigenvalue weighted by Gasteiger charge is 2.47. The quantitative estimate of drug-likeness (QED) is 0.716. The number of morpholine rings is 1. The maximum atomic E-state index is 12.9. The molecular formula is C20H25N5O4. The second-order valence-electron chi connectivity index (χ2n) is 7.36. The molecule has 2 atom stereocenters. The molecule has 2 aromatic rings. The molecule has 1 saturated carbocycles. The zero-order valence-corrected chi connectivity index (χ0v) is 16.6. The summed E-state index contributed by atoms with van der Waals surface area (Å²) in [7, 11) is 1.60. The number of nitrogens with zero attached hydrogens (tertiary/aromatic N) is 3. The molecule has 154 valence electrons. The molecule has 0 unspecified atom stereocenters. The zero-order chi connectivity index (χ0) is 20.4. The van der Waals surface area contributed by atoms with Gasteiger partial charge in [-0.3, -0.25) is 14.7 Å². The topological polar surface area (TPSA) is 109 Å². The van der Waals surface area contributed by atoms with Crippen LogP contribution in [0.3, 0.4) is 0 Å². The van der Waals surface area contributed by atoms with Gasteiger partial charge in [-0.2, -0.15) is 5.10 Å². The molecule has 2 amide bonds. The number of hydrogen-bond donors (Lipinski definition) is 2. The minimum Gasteiger partial charge on any atom is -0.497 e. The smallest absolute Gasteiger partial charge is 0.251 e. The summed E-state index contributed by atoms with van der Waals surface area (Å²) >= 11 is 0. The number of amides is 2. The lowest BCUT2D eigenvalue weighted by atomic mass is 9.96. The third kappa shape index (κ3) is 4.24. The van der Waals surface area contributed by atoms with Crippen molar-refractivity contribution in [1.29, 1.82) is 0 Å². The van der Waals surface area contributed by atoms with E-state index >= 15 is 0 Å². The third-order valence-electron chi connectivity index (χ3n) is 5.21. The Labute approximate surface area is 168 Å². The Morgan fingerprint density at radius 3 is 2.72 bits per heavy atom. The van der Waals surface area contributed by atoms with Crippen LogP contribution in [0.15, 0.2) is 24.3 Å². The van der Waals surface area contributed by atoms with Gasteiger partial charge in [0.05, 0.1) is 13.2 Å². The van der Waals surface area contributed by atoms with E-state index in [2.05, 4.69) is 20.5 Å². The van der Waals surface area contributed by atoms with Gasteiger partial charge in [0.25, 0.3) is 5.91 Å². The highest BCUT2D eigenvalue weighted by atomic mass is 16.5. The number of aromatic nitrogens is 3. The normalized spacial score (nSPS) is 21.9. The van der Waals surface area contributed by atoms with Gasteiger partial charge in [0, 0.05) is 19.0 Å². The lowest BCUT2D eigenvalue weighted by Crippen LogP contribution is -2.55. The molecular weight excluding hydrogens is 374 g/mol. The van der Waals surface area contributed by atoms with E-state index < -0.39 is 12.1 Å². The first-order chi connectivity index (χ1) is 14.1. The van der Waals surface area contributed by atoms with Gasteiger partial charge in [0.1, 0.15) is 18.2 Å². The number of rotatable bonds is 7. The fourth-order valence-corrected chi connectivity index (χ4v) is 3.67. The van der Waals surface area contributed by atoms with Crippen molar-refractivity contribution in [3.8, 4) is 5.75 Å². The second-order valence-corrected chi connectivity index (χ2v) is 7.36. The van der Waals surface area contributed by atoms with E-state index in [4.69, 9.17) is 9.47 Å². The van der Waals surface area contributed by atoms with Crippen molar-refractivity contribution in [2.24, 2.45) is 0 Å². The number of carbonyl (C=O) groups is 2. The zero-order valence-electron chi connectivity index (χ0n) is 16.6. The van der Waals surface area contributed by atoms with E-state index in [1.807, 2.05) is 36.1 Å². The van der Waals surface area contributed by atoms with Gasteiger partial charge < -0.3 is 19.7 Å². The van der Waals surface area contributed by atoms with Crippen LogP contribution in [0, 0.1) is 6.92 Å². The maximum Gasteiger partial charge on any atom is 0.251 e. The van der Waals surface area contributed by atoms with Gasteiger partial charge in [-0.05, 0) is 37.5 Å². The van der Waals surface area contributed by atoms with Gasteiger partial charge in [0.15, 0.2) is 11.9 Å². The first-order valence-corrected chi connectivity index (χ1v) is 9.79. The molecule has 2 N–H and O–H groups in total. The van der Waals surface area contributed by atoms with Crippen molar-refractivity contribution in [2.45, 2.75) is 44.4 Å². The molecule has 0 radical (unpaired) electrons. The van der Waals surface area contributed by atoms with E-state index in [0.717, 1.165) is 30.0 Å². The summed E-state index contributed by atoms with van der Waals surface area (Å²) in [6, 6.07) is 7.15. The molecule has 1 aromatic heterocycles. The first-order valence-electron chi connectivity index (χ1n) is 9.79. The van der Waals surface area contributed by atoms with Crippen LogP contribution >= 0.6 is 0 Å². The molecule has 0 spiro atoms. The average molecular weight is 399 g/mol. The monoisotopic (exact) mass is 399 g/mol. The molecule has 1 saturated heterocycles. The minimum atomic E-state index is -0.768. The highest BCUT2D eigenvalue weighted by Crippen LogP contribution is 2.39. The van der Waals surface area contributed by atoms with Crippen LogP contribution in [0.4, 0.5) is 0 Å². The molecule has 0 bridgehead atoms. The standard InChI is InChI=1S/C20H25N5O4/c1-12-22-16(24-23-12)9-10-21-20(27)19-18(13-3-7-15(28-2)8-4-13)25(14-5-6-14)17(26)11-29-19/h3-4,7-8,14,18-19H,5-6,9-11H2,1-2H3,(H,21,27)(H,22,23,24)/t18-,19+/m1/s1. The molecule has 2 aliphatic rings. The van der Waals surface area contributed by atoms with Crippen molar-refractivity contribution in [3.63, 3.8) is 0 Å². The Kier molecular flexibility index (Phi) is 5.48. The van der Waals surface area contributed by atoms with Crippen molar-refractivity contribution >= 4 is 11.8 Å². The Balaban J connectivity index is 1.50. The van der Waals surface area contributed by atoms with E-state index in [-0.39, 0.29) is 24.5 Å². The highest BCUT2D eigenvalue weighted by molar-refractivity contribution is 5.86. The van der Waals surface area contributed by atoms with Gasteiger partial charge in [0.2, 0.25) is 5.91 Å². The summed E-state index contributed by atoms with van der Waals surface area (Å²) in [5.74, 6) is 1.79. The molecule has 9 nitrogen and oxygen atoms in total. The number of ether oxygens (including phenoxy) is 2. The predicted octanol–water partition coefficient (Wildman–Crippen LogP) is 0.912. The second kappa shape index (κ2) is 8.20. The van der Waals surface area contributed by atoms with E-state index in [0.29, 0.717) is 18.8 Å². The number of aromatic amines is 1. The number of hydrogen-bond acceptors (Lipinski definition) is 6. The maximum absolute atomic E-state index is 12.9. The van der Waals surface area contributed by atoms with Crippen molar-refractivity contribution in [1.82, 2.24) is 25.4 Å². The number of H-pyrrole nitrogens is 1. The van der Waals surface area contributed by atoms with Crippen LogP contribution in [0.25, 0.3) is 0 Å². The van der Waals surface area contributed by atoms with Gasteiger partial charge in [-0.15, -0.1) is 0 Å². The number of methoxy groups -OCH3 is 1. The molecule has 1 aromatic carbocycles. The van der Waals surface area contributed by atoms with Crippen LogP contribution in [-0.2, 0) is 20.7 Å². The summed E-state index contributed by atoms with van der Waals surface area (Å²) in [6.07, 6.45) is 1.66. The first kappa shape index (κ1) is 19.4. The molecule has 29 heavy (non-hydrogen) atoms. The molecule has 2 fully saturated rings. The van der Waals surface area contributed by atoms with Gasteiger partial charge in [-0.25, -0.2) is 4.98 Å². The number of nitrogens with one attached hydrogen (secondary N) is 2. The van der Waals surface area contributed by atoms with Crippen molar-refractivity contribution < 1.29 is 19.1 Å². The largest absolute Gasteiger partial charge is 0.497 e. The average Bonchev–Trinajstić information content (AvgIpc) is 3.48. The van der Waals surface area contributed by atoms with Crippen molar-refractivity contribution in [2.75, 3.05) is 20.3 Å².